The van der Waals surface area contributed by atoms with Crippen molar-refractivity contribution in [1.29, 1.82) is 0 Å². The Balaban J connectivity index is 2.00. The average Bonchev–Trinajstić information content (AvgIpc) is 3.15. The SMILES string of the molecule is CCN(Cc1cnc(S(=O)(=O)Cc2ccccc2)n1Cc1ccccc1)C(=O)C(C)C. The molecule has 0 spiro atoms. The second kappa shape index (κ2) is 9.92. The van der Waals surface area contributed by atoms with Crippen LogP contribution in [0.25, 0.3) is 0 Å². The molecule has 0 bridgehead atoms. The molecule has 0 aliphatic heterocycles. The lowest BCUT2D eigenvalue weighted by Gasteiger charge is -2.24. The minimum absolute atomic E-state index is 0.0308. The highest BCUT2D eigenvalue weighted by atomic mass is 32.2. The van der Waals surface area contributed by atoms with Crippen LogP contribution in [0.5, 0.6) is 0 Å². The van der Waals surface area contributed by atoms with E-state index in [1.54, 1.807) is 27.8 Å². The molecule has 164 valence electrons. The zero-order valence-electron chi connectivity index (χ0n) is 18.2. The third kappa shape index (κ3) is 5.61. The summed E-state index contributed by atoms with van der Waals surface area (Å²) in [4.78, 5) is 18.6. The van der Waals surface area contributed by atoms with Crippen LogP contribution in [0.15, 0.2) is 72.0 Å². The molecular weight excluding hydrogens is 410 g/mol. The van der Waals surface area contributed by atoms with Crippen molar-refractivity contribution in [2.75, 3.05) is 6.54 Å². The van der Waals surface area contributed by atoms with Crippen molar-refractivity contribution in [1.82, 2.24) is 14.5 Å². The third-order valence-corrected chi connectivity index (χ3v) is 6.70. The molecule has 2 aromatic carbocycles. The average molecular weight is 440 g/mol. The molecule has 0 saturated carbocycles. The monoisotopic (exact) mass is 439 g/mol. The number of rotatable bonds is 9. The van der Waals surface area contributed by atoms with Crippen LogP contribution in [0.1, 0.15) is 37.6 Å². The fourth-order valence-corrected chi connectivity index (χ4v) is 4.96. The van der Waals surface area contributed by atoms with Gasteiger partial charge in [-0.1, -0.05) is 74.5 Å². The molecule has 0 saturated heterocycles. The Bertz CT molecular complexity index is 1110. The van der Waals surface area contributed by atoms with Gasteiger partial charge in [0.25, 0.3) is 0 Å². The van der Waals surface area contributed by atoms with Crippen molar-refractivity contribution in [3.05, 3.63) is 83.7 Å². The normalized spacial score (nSPS) is 11.6. The predicted octanol–water partition coefficient (Wildman–Crippen LogP) is 3.91. The van der Waals surface area contributed by atoms with E-state index < -0.39 is 9.84 Å². The number of carbonyl (C=O) groups is 1. The topological polar surface area (TPSA) is 72.3 Å². The van der Waals surface area contributed by atoms with Crippen LogP contribution >= 0.6 is 0 Å². The Kier molecular flexibility index (Phi) is 7.28. The second-order valence-corrected chi connectivity index (χ2v) is 9.74. The van der Waals surface area contributed by atoms with Crippen molar-refractivity contribution >= 4 is 15.7 Å². The Labute approximate surface area is 184 Å². The molecule has 1 aromatic heterocycles. The number of benzene rings is 2. The van der Waals surface area contributed by atoms with Gasteiger partial charge in [-0.3, -0.25) is 4.79 Å². The lowest BCUT2D eigenvalue weighted by molar-refractivity contribution is -0.134. The minimum Gasteiger partial charge on any atom is -0.337 e. The maximum atomic E-state index is 13.3. The number of hydrogen-bond donors (Lipinski definition) is 0. The van der Waals surface area contributed by atoms with Crippen LogP contribution < -0.4 is 0 Å². The van der Waals surface area contributed by atoms with Crippen molar-refractivity contribution in [2.45, 2.75) is 44.8 Å². The number of carbonyl (C=O) groups excluding carboxylic acids is 1. The predicted molar refractivity (Wildman–Crippen MR) is 121 cm³/mol. The Morgan fingerprint density at radius 2 is 1.58 bits per heavy atom. The van der Waals surface area contributed by atoms with Gasteiger partial charge in [-0.25, -0.2) is 13.4 Å². The van der Waals surface area contributed by atoms with E-state index in [-0.39, 0.29) is 22.7 Å². The Morgan fingerprint density at radius 3 is 2.13 bits per heavy atom. The summed E-state index contributed by atoms with van der Waals surface area (Å²) >= 11 is 0. The molecule has 1 amide bonds. The van der Waals surface area contributed by atoms with Crippen LogP contribution in [0.4, 0.5) is 0 Å². The highest BCUT2D eigenvalue weighted by Gasteiger charge is 2.26. The number of aromatic nitrogens is 2. The van der Waals surface area contributed by atoms with Crippen molar-refractivity contribution in [3.8, 4) is 0 Å². The summed E-state index contributed by atoms with van der Waals surface area (Å²) < 4.78 is 28.2. The standard InChI is InChI=1S/C24H29N3O3S/c1-4-26(23(28)19(2)3)17-22-15-25-24(27(22)16-20-11-7-5-8-12-20)31(29,30)18-21-13-9-6-10-14-21/h5-15,19H,4,16-18H2,1-3H3. The van der Waals surface area contributed by atoms with E-state index in [9.17, 15) is 13.2 Å². The maximum Gasteiger partial charge on any atom is 0.228 e. The highest BCUT2D eigenvalue weighted by Crippen LogP contribution is 2.21. The van der Waals surface area contributed by atoms with Crippen molar-refractivity contribution < 1.29 is 13.2 Å². The first-order valence-corrected chi connectivity index (χ1v) is 12.1. The summed E-state index contributed by atoms with van der Waals surface area (Å²) in [6, 6.07) is 18.8. The fraction of sp³-hybridized carbons (Fsp3) is 0.333. The van der Waals surface area contributed by atoms with Gasteiger partial charge in [0.2, 0.25) is 20.9 Å². The number of hydrogen-bond acceptors (Lipinski definition) is 4. The fourth-order valence-electron chi connectivity index (χ4n) is 3.47. The Morgan fingerprint density at radius 1 is 1.00 bits per heavy atom. The lowest BCUT2D eigenvalue weighted by atomic mass is 10.2. The van der Waals surface area contributed by atoms with Crippen molar-refractivity contribution in [3.63, 3.8) is 0 Å². The van der Waals surface area contributed by atoms with Gasteiger partial charge in [-0.15, -0.1) is 0 Å². The van der Waals surface area contributed by atoms with Crippen LogP contribution in [0, 0.1) is 5.92 Å². The molecule has 1 heterocycles. The first-order chi connectivity index (χ1) is 14.8. The summed E-state index contributed by atoms with van der Waals surface area (Å²) in [5.41, 5.74) is 2.38. The van der Waals surface area contributed by atoms with Crippen LogP contribution in [-0.4, -0.2) is 35.3 Å². The van der Waals surface area contributed by atoms with Crippen LogP contribution in [0.3, 0.4) is 0 Å². The molecule has 0 fully saturated rings. The van der Waals surface area contributed by atoms with E-state index in [1.807, 2.05) is 69.3 Å². The molecule has 0 aliphatic rings. The smallest absolute Gasteiger partial charge is 0.228 e. The zero-order valence-corrected chi connectivity index (χ0v) is 19.0. The highest BCUT2D eigenvalue weighted by molar-refractivity contribution is 7.90. The molecule has 0 N–H and O–H groups in total. The zero-order chi connectivity index (χ0) is 22.4. The first kappa shape index (κ1) is 22.7. The molecule has 7 heteroatoms. The molecule has 3 rings (SSSR count). The second-order valence-electron chi connectivity index (χ2n) is 7.86. The number of sulfone groups is 1. The molecular formula is C24H29N3O3S. The van der Waals surface area contributed by atoms with E-state index in [0.717, 1.165) is 5.56 Å². The summed E-state index contributed by atoms with van der Waals surface area (Å²) in [6.45, 7) is 6.87. The van der Waals surface area contributed by atoms with Gasteiger partial charge in [0, 0.05) is 12.5 Å². The summed E-state index contributed by atoms with van der Waals surface area (Å²) in [6.07, 6.45) is 1.58. The minimum atomic E-state index is -3.67. The molecule has 0 aliphatic carbocycles. The Hall–Kier alpha value is -2.93. The van der Waals surface area contributed by atoms with E-state index in [4.69, 9.17) is 0 Å². The first-order valence-electron chi connectivity index (χ1n) is 10.5. The third-order valence-electron chi connectivity index (χ3n) is 5.10. The van der Waals surface area contributed by atoms with Crippen molar-refractivity contribution in [2.24, 2.45) is 5.92 Å². The number of nitrogens with zero attached hydrogens (tertiary/aromatic N) is 3. The van der Waals surface area contributed by atoms with Gasteiger partial charge in [0.15, 0.2) is 0 Å². The molecule has 0 radical (unpaired) electrons. The largest absolute Gasteiger partial charge is 0.337 e. The molecule has 0 atom stereocenters. The molecule has 6 nitrogen and oxygen atoms in total. The molecule has 0 unspecified atom stereocenters. The number of amides is 1. The van der Waals surface area contributed by atoms with Crippen LogP contribution in [0.2, 0.25) is 0 Å². The summed E-state index contributed by atoms with van der Waals surface area (Å²) in [5, 5.41) is 0.0308. The quantitative estimate of drug-likeness (QED) is 0.507. The maximum absolute atomic E-state index is 13.3. The van der Waals surface area contributed by atoms with Gasteiger partial charge >= 0.3 is 0 Å². The number of imidazole rings is 1. The van der Waals surface area contributed by atoms with Gasteiger partial charge in [0.1, 0.15) is 0 Å². The lowest BCUT2D eigenvalue weighted by Crippen LogP contribution is -2.34. The van der Waals surface area contributed by atoms with E-state index in [0.29, 0.717) is 30.9 Å². The molecule has 3 aromatic rings. The summed E-state index contributed by atoms with van der Waals surface area (Å²) in [5.74, 6) is -0.225. The van der Waals surface area contributed by atoms with Gasteiger partial charge < -0.3 is 9.47 Å². The summed E-state index contributed by atoms with van der Waals surface area (Å²) in [7, 11) is -3.67. The van der Waals surface area contributed by atoms with E-state index in [2.05, 4.69) is 4.98 Å². The van der Waals surface area contributed by atoms with Gasteiger partial charge in [-0.05, 0) is 18.1 Å². The van der Waals surface area contributed by atoms with Crippen LogP contribution in [-0.2, 0) is 33.5 Å². The van der Waals surface area contributed by atoms with E-state index in [1.165, 1.54) is 0 Å². The van der Waals surface area contributed by atoms with Gasteiger partial charge in [-0.2, -0.15) is 0 Å². The van der Waals surface area contributed by atoms with E-state index >= 15 is 0 Å². The molecule has 31 heavy (non-hydrogen) atoms. The van der Waals surface area contributed by atoms with Gasteiger partial charge in [0.05, 0.1) is 30.7 Å².